The predicted octanol–water partition coefficient (Wildman–Crippen LogP) is 3.20. The maximum absolute atomic E-state index is 12.3. The van der Waals surface area contributed by atoms with Gasteiger partial charge in [-0.3, -0.25) is 9.00 Å². The zero-order valence-electron chi connectivity index (χ0n) is 13.9. The van der Waals surface area contributed by atoms with Gasteiger partial charge >= 0.3 is 0 Å². The smallest absolute Gasteiger partial charge is 0.241 e. The molecule has 0 aliphatic heterocycles. The van der Waals surface area contributed by atoms with Crippen LogP contribution in [0.15, 0.2) is 54.6 Å². The van der Waals surface area contributed by atoms with Gasteiger partial charge in [0.25, 0.3) is 0 Å². The van der Waals surface area contributed by atoms with Crippen LogP contribution in [0.25, 0.3) is 0 Å². The van der Waals surface area contributed by atoms with E-state index in [1.54, 1.807) is 0 Å². The average molecular weight is 344 g/mol. The molecule has 0 aliphatic rings. The SMILES string of the molecule is CCCC(N)C(=O)Nc1cccc(CS(=O)Cc2ccccc2)c1. The molecule has 0 aliphatic carbocycles. The summed E-state index contributed by atoms with van der Waals surface area (Å²) in [7, 11) is -0.992. The van der Waals surface area contributed by atoms with Crippen LogP contribution in [-0.4, -0.2) is 16.2 Å². The van der Waals surface area contributed by atoms with Gasteiger partial charge in [-0.25, -0.2) is 0 Å². The van der Waals surface area contributed by atoms with Gasteiger partial charge in [-0.2, -0.15) is 0 Å². The fourth-order valence-electron chi connectivity index (χ4n) is 2.41. The van der Waals surface area contributed by atoms with E-state index in [2.05, 4.69) is 5.32 Å². The number of rotatable bonds is 8. The average Bonchev–Trinajstić information content (AvgIpc) is 2.56. The monoisotopic (exact) mass is 344 g/mol. The molecule has 4 nitrogen and oxygen atoms in total. The number of carbonyl (C=O) groups excluding carboxylic acids is 1. The maximum atomic E-state index is 12.3. The minimum atomic E-state index is -0.992. The Morgan fingerprint density at radius 3 is 2.46 bits per heavy atom. The van der Waals surface area contributed by atoms with Crippen molar-refractivity contribution in [2.75, 3.05) is 5.32 Å². The molecule has 0 heterocycles. The fraction of sp³-hybridized carbons (Fsp3) is 0.316. The van der Waals surface area contributed by atoms with Crippen molar-refractivity contribution in [2.24, 2.45) is 5.73 Å². The van der Waals surface area contributed by atoms with Gasteiger partial charge in [0.15, 0.2) is 0 Å². The minimum Gasteiger partial charge on any atom is -0.325 e. The molecule has 3 N–H and O–H groups in total. The van der Waals surface area contributed by atoms with Gasteiger partial charge in [-0.1, -0.05) is 55.8 Å². The molecule has 2 rings (SSSR count). The van der Waals surface area contributed by atoms with Crippen molar-refractivity contribution >= 4 is 22.4 Å². The summed E-state index contributed by atoms with van der Waals surface area (Å²) < 4.78 is 12.3. The molecule has 0 saturated carbocycles. The number of hydrogen-bond donors (Lipinski definition) is 2. The van der Waals surface area contributed by atoms with Crippen molar-refractivity contribution in [3.63, 3.8) is 0 Å². The van der Waals surface area contributed by atoms with E-state index in [0.717, 1.165) is 17.5 Å². The van der Waals surface area contributed by atoms with Crippen LogP contribution in [0.2, 0.25) is 0 Å². The first-order chi connectivity index (χ1) is 11.6. The molecule has 0 fully saturated rings. The maximum Gasteiger partial charge on any atom is 0.241 e. The highest BCUT2D eigenvalue weighted by molar-refractivity contribution is 7.83. The Hall–Kier alpha value is -1.98. The standard InChI is InChI=1S/C19H24N2O2S/c1-2-7-18(20)19(22)21-17-11-6-10-16(12-17)14-24(23)13-15-8-4-3-5-9-15/h3-6,8-12,18H,2,7,13-14,20H2,1H3,(H,21,22). The summed E-state index contributed by atoms with van der Waals surface area (Å²) >= 11 is 0. The van der Waals surface area contributed by atoms with E-state index in [0.29, 0.717) is 23.6 Å². The summed E-state index contributed by atoms with van der Waals surface area (Å²) in [5, 5.41) is 2.83. The van der Waals surface area contributed by atoms with Gasteiger partial charge in [0, 0.05) is 28.0 Å². The second kappa shape index (κ2) is 9.35. The van der Waals surface area contributed by atoms with Crippen LogP contribution in [0.5, 0.6) is 0 Å². The van der Waals surface area contributed by atoms with Gasteiger partial charge < -0.3 is 11.1 Å². The van der Waals surface area contributed by atoms with Gasteiger partial charge in [0.2, 0.25) is 5.91 Å². The summed E-state index contributed by atoms with van der Waals surface area (Å²) in [6.07, 6.45) is 1.53. The number of benzene rings is 2. The Labute approximate surface area is 145 Å². The summed E-state index contributed by atoms with van der Waals surface area (Å²) in [4.78, 5) is 12.0. The normalized spacial score (nSPS) is 13.2. The van der Waals surface area contributed by atoms with Crippen molar-refractivity contribution < 1.29 is 9.00 Å². The quantitative estimate of drug-likeness (QED) is 0.772. The minimum absolute atomic E-state index is 0.181. The first-order valence-corrected chi connectivity index (χ1v) is 9.61. The zero-order valence-corrected chi connectivity index (χ0v) is 14.7. The first-order valence-electron chi connectivity index (χ1n) is 8.12. The highest BCUT2D eigenvalue weighted by Crippen LogP contribution is 2.15. The molecule has 0 saturated heterocycles. The van der Waals surface area contributed by atoms with E-state index < -0.39 is 16.8 Å². The van der Waals surface area contributed by atoms with Crippen molar-refractivity contribution in [1.82, 2.24) is 0 Å². The Balaban J connectivity index is 1.95. The van der Waals surface area contributed by atoms with Crippen molar-refractivity contribution in [3.8, 4) is 0 Å². The van der Waals surface area contributed by atoms with Gasteiger partial charge in [0.05, 0.1) is 6.04 Å². The van der Waals surface area contributed by atoms with Crippen LogP contribution < -0.4 is 11.1 Å². The Bertz CT molecular complexity index is 689. The highest BCUT2D eigenvalue weighted by atomic mass is 32.2. The summed E-state index contributed by atoms with van der Waals surface area (Å²) in [5.74, 6) is 0.803. The van der Waals surface area contributed by atoms with E-state index in [4.69, 9.17) is 5.73 Å². The van der Waals surface area contributed by atoms with Crippen LogP contribution in [-0.2, 0) is 27.1 Å². The number of nitrogens with two attached hydrogens (primary N) is 1. The van der Waals surface area contributed by atoms with Gasteiger partial charge in [-0.15, -0.1) is 0 Å². The Morgan fingerprint density at radius 2 is 1.75 bits per heavy atom. The van der Waals surface area contributed by atoms with Crippen LogP contribution >= 0.6 is 0 Å². The number of nitrogens with one attached hydrogen (secondary N) is 1. The number of anilines is 1. The second-order valence-corrected chi connectivity index (χ2v) is 7.26. The molecule has 0 aromatic heterocycles. The van der Waals surface area contributed by atoms with E-state index in [-0.39, 0.29) is 5.91 Å². The van der Waals surface area contributed by atoms with Crippen molar-refractivity contribution in [1.29, 1.82) is 0 Å². The topological polar surface area (TPSA) is 72.2 Å². The van der Waals surface area contributed by atoms with Gasteiger partial charge in [-0.05, 0) is 29.7 Å². The third-order valence-corrected chi connectivity index (χ3v) is 4.94. The third-order valence-electron chi connectivity index (χ3n) is 3.63. The molecule has 128 valence electrons. The zero-order chi connectivity index (χ0) is 17.4. The van der Waals surface area contributed by atoms with E-state index in [9.17, 15) is 9.00 Å². The van der Waals surface area contributed by atoms with Crippen LogP contribution in [0.1, 0.15) is 30.9 Å². The molecular formula is C19H24N2O2S. The lowest BCUT2D eigenvalue weighted by Gasteiger charge is -2.12. The highest BCUT2D eigenvalue weighted by Gasteiger charge is 2.12. The molecule has 5 heteroatoms. The molecule has 2 aromatic rings. The molecular weight excluding hydrogens is 320 g/mol. The van der Waals surface area contributed by atoms with E-state index in [1.807, 2.05) is 61.5 Å². The first kappa shape index (κ1) is 18.4. The lowest BCUT2D eigenvalue weighted by molar-refractivity contribution is -0.117. The number of carbonyl (C=O) groups is 1. The second-order valence-electron chi connectivity index (χ2n) is 5.80. The molecule has 1 amide bonds. The number of amides is 1. The third kappa shape index (κ3) is 5.91. The Morgan fingerprint density at radius 1 is 1.08 bits per heavy atom. The Kier molecular flexibility index (Phi) is 7.15. The fourth-order valence-corrected chi connectivity index (χ4v) is 3.63. The summed E-state index contributed by atoms with van der Waals surface area (Å²) in [5.41, 5.74) is 8.51. The molecule has 0 bridgehead atoms. The molecule has 0 spiro atoms. The molecule has 24 heavy (non-hydrogen) atoms. The summed E-state index contributed by atoms with van der Waals surface area (Å²) in [6.45, 7) is 2.00. The van der Waals surface area contributed by atoms with Crippen molar-refractivity contribution in [3.05, 3.63) is 65.7 Å². The molecule has 2 aromatic carbocycles. The van der Waals surface area contributed by atoms with E-state index >= 15 is 0 Å². The molecule has 0 radical (unpaired) electrons. The van der Waals surface area contributed by atoms with Crippen LogP contribution in [0.3, 0.4) is 0 Å². The summed E-state index contributed by atoms with van der Waals surface area (Å²) in [6, 6.07) is 16.8. The van der Waals surface area contributed by atoms with Crippen molar-refractivity contribution in [2.45, 2.75) is 37.3 Å². The van der Waals surface area contributed by atoms with E-state index in [1.165, 1.54) is 0 Å². The molecule has 2 unspecified atom stereocenters. The predicted molar refractivity (Wildman–Crippen MR) is 99.9 cm³/mol. The lowest BCUT2D eigenvalue weighted by atomic mass is 10.1. The lowest BCUT2D eigenvalue weighted by Crippen LogP contribution is -2.35. The van der Waals surface area contributed by atoms with Gasteiger partial charge in [0.1, 0.15) is 0 Å². The van der Waals surface area contributed by atoms with Crippen LogP contribution in [0.4, 0.5) is 5.69 Å². The number of hydrogen-bond acceptors (Lipinski definition) is 3. The largest absolute Gasteiger partial charge is 0.325 e. The molecule has 2 atom stereocenters. The van der Waals surface area contributed by atoms with Crippen LogP contribution in [0, 0.1) is 0 Å².